The lowest BCUT2D eigenvalue weighted by Crippen LogP contribution is -1.95. The third-order valence-electron chi connectivity index (χ3n) is 20.4. The molecule has 106 heavy (non-hydrogen) atoms. The van der Waals surface area contributed by atoms with Gasteiger partial charge in [-0.1, -0.05) is 309 Å². The minimum absolute atomic E-state index is 1.09. The molecule has 0 bridgehead atoms. The summed E-state index contributed by atoms with van der Waals surface area (Å²) < 4.78 is 10.4. The summed E-state index contributed by atoms with van der Waals surface area (Å²) in [4.78, 5) is 0. The van der Waals surface area contributed by atoms with E-state index in [0.717, 1.165) is 13.4 Å². The Morgan fingerprint density at radius 3 is 0.830 bits per heavy atom. The van der Waals surface area contributed by atoms with Crippen molar-refractivity contribution in [1.29, 1.82) is 0 Å². The molecule has 17 aromatic carbocycles. The third-order valence-corrected chi connectivity index (χ3v) is 22.0. The Labute approximate surface area is 641 Å². The van der Waals surface area contributed by atoms with Gasteiger partial charge in [0.25, 0.3) is 0 Å². The smallest absolute Gasteiger partial charge is 0.0541 e. The highest BCUT2D eigenvalue weighted by Gasteiger charge is 2.19. The van der Waals surface area contributed by atoms with Gasteiger partial charge in [-0.15, -0.1) is 0 Å². The van der Waals surface area contributed by atoms with Crippen molar-refractivity contribution in [3.05, 3.63) is 414 Å². The van der Waals surface area contributed by atoms with Gasteiger partial charge in [0.15, 0.2) is 0 Å². The second-order valence-electron chi connectivity index (χ2n) is 26.8. The van der Waals surface area contributed by atoms with E-state index in [1.165, 1.54) is 171 Å². The van der Waals surface area contributed by atoms with Gasteiger partial charge in [0.05, 0.1) is 38.8 Å². The molecule has 0 aliphatic carbocycles. The zero-order valence-electron chi connectivity index (χ0n) is 57.6. The van der Waals surface area contributed by atoms with Crippen LogP contribution in [0.5, 0.6) is 0 Å². The average molecular weight is 1550 g/mol. The summed E-state index contributed by atoms with van der Waals surface area (Å²) in [6.45, 7) is 0. The van der Waals surface area contributed by atoms with Gasteiger partial charge >= 0.3 is 0 Å². The number of benzene rings is 17. The molecule has 20 rings (SSSR count). The number of halogens is 3. The van der Waals surface area contributed by atoms with Crippen LogP contribution >= 0.6 is 47.8 Å². The van der Waals surface area contributed by atoms with Crippen LogP contribution in [0.15, 0.2) is 414 Å². The topological polar surface area (TPSA) is 14.8 Å². The third kappa shape index (κ3) is 12.9. The molecule has 3 aromatic heterocycles. The standard InChI is InChI=1S/C36H24BrN.C34H22BrN.C30H20BrN/c37-31-18-13-27(14-19-31)28-9-6-10-29(23-28)30-17-22-36-34(24-30)33-11-4-5-12-35(33)38(36)32-20-15-26(16-21-32)25-7-2-1-3-8-25;35-28-18-15-23(16-19-28)25-9-5-10-26(21-25)27-17-20-34-31(22-27)30-12-3-4-13-33(30)36(34)32-14-6-8-24-7-1-2-11-29(24)32;31-25-16-13-21(14-17-25)22-7-6-8-23(19-22)24-15-18-30-28(20-24)27-11-4-5-12-29(27)32(30)26-9-2-1-3-10-26/h1-24H;1-22H;1-20H. The van der Waals surface area contributed by atoms with Gasteiger partial charge in [0.2, 0.25) is 0 Å². The van der Waals surface area contributed by atoms with E-state index in [1.54, 1.807) is 0 Å². The van der Waals surface area contributed by atoms with E-state index >= 15 is 0 Å². The monoisotopic (exact) mass is 1550 g/mol. The van der Waals surface area contributed by atoms with E-state index in [-0.39, 0.29) is 0 Å². The number of nitrogens with zero attached hydrogens (tertiary/aromatic N) is 3. The number of para-hydroxylation sites is 4. The van der Waals surface area contributed by atoms with E-state index < -0.39 is 0 Å². The largest absolute Gasteiger partial charge is 0.309 e. The van der Waals surface area contributed by atoms with Crippen LogP contribution in [0.25, 0.3) is 171 Å². The first-order valence-electron chi connectivity index (χ1n) is 35.7. The lowest BCUT2D eigenvalue weighted by Gasteiger charge is -2.12. The molecule has 0 spiro atoms. The molecule has 0 aliphatic heterocycles. The molecule has 0 amide bonds. The SMILES string of the molecule is Brc1ccc(-c2cccc(-c3ccc4c(c3)c3ccccc3n4-c3ccc(-c4ccccc4)cc3)c2)cc1.Brc1ccc(-c2cccc(-c3ccc4c(c3)c3ccccc3n4-c3cccc4ccccc34)c2)cc1.Brc1ccc(-c2cccc(-c3ccc4c(c3)c3ccccc3n4-c3ccccc3)c2)cc1. The van der Waals surface area contributed by atoms with Crippen LogP contribution < -0.4 is 0 Å². The highest BCUT2D eigenvalue weighted by molar-refractivity contribution is 9.11. The van der Waals surface area contributed by atoms with Gasteiger partial charge < -0.3 is 13.7 Å². The van der Waals surface area contributed by atoms with Crippen molar-refractivity contribution in [2.45, 2.75) is 0 Å². The minimum atomic E-state index is 1.09. The van der Waals surface area contributed by atoms with Gasteiger partial charge in [-0.05, 0) is 223 Å². The molecule has 0 atom stereocenters. The van der Waals surface area contributed by atoms with E-state index in [4.69, 9.17) is 0 Å². The number of hydrogen-bond acceptors (Lipinski definition) is 0. The van der Waals surface area contributed by atoms with E-state index in [0.29, 0.717) is 0 Å². The van der Waals surface area contributed by atoms with Gasteiger partial charge in [0.1, 0.15) is 0 Å². The number of rotatable bonds is 10. The number of aromatic nitrogens is 3. The summed E-state index contributed by atoms with van der Waals surface area (Å²) >= 11 is 10.6. The van der Waals surface area contributed by atoms with Crippen LogP contribution in [0, 0.1) is 0 Å². The second kappa shape index (κ2) is 28.8. The van der Waals surface area contributed by atoms with Crippen molar-refractivity contribution in [2.24, 2.45) is 0 Å². The summed E-state index contributed by atoms with van der Waals surface area (Å²) in [7, 11) is 0. The summed E-state index contributed by atoms with van der Waals surface area (Å²) in [5.41, 5.74) is 28.0. The van der Waals surface area contributed by atoms with Crippen molar-refractivity contribution in [3.8, 4) is 95.0 Å². The van der Waals surface area contributed by atoms with Crippen LogP contribution in [-0.4, -0.2) is 13.7 Å². The van der Waals surface area contributed by atoms with Crippen molar-refractivity contribution in [2.75, 3.05) is 0 Å². The predicted octanol–water partition coefficient (Wildman–Crippen LogP) is 29.5. The molecule has 20 aromatic rings. The van der Waals surface area contributed by atoms with Crippen LogP contribution in [0.3, 0.4) is 0 Å². The molecular formula is C100H66Br3N3. The second-order valence-corrected chi connectivity index (χ2v) is 29.5. The van der Waals surface area contributed by atoms with Gasteiger partial charge in [-0.3, -0.25) is 0 Å². The Kier molecular flexibility index (Phi) is 17.9. The van der Waals surface area contributed by atoms with Gasteiger partial charge in [0, 0.05) is 62.5 Å². The normalized spacial score (nSPS) is 11.3. The Balaban J connectivity index is 0.000000113. The lowest BCUT2D eigenvalue weighted by atomic mass is 9.98. The highest BCUT2D eigenvalue weighted by Crippen LogP contribution is 2.42. The van der Waals surface area contributed by atoms with Crippen molar-refractivity contribution >= 4 is 124 Å². The van der Waals surface area contributed by atoms with Crippen molar-refractivity contribution < 1.29 is 0 Å². The molecule has 3 nitrogen and oxygen atoms in total. The average Bonchev–Trinajstić information content (AvgIpc) is 1.59. The minimum Gasteiger partial charge on any atom is -0.309 e. The quantitative estimate of drug-likeness (QED) is 0.130. The molecule has 0 radical (unpaired) electrons. The molecule has 0 saturated carbocycles. The van der Waals surface area contributed by atoms with Crippen LogP contribution in [0.2, 0.25) is 0 Å². The number of hydrogen-bond donors (Lipinski definition) is 0. The highest BCUT2D eigenvalue weighted by atomic mass is 79.9. The van der Waals surface area contributed by atoms with E-state index in [2.05, 4.69) is 462 Å². The summed E-state index contributed by atoms with van der Waals surface area (Å²) in [5, 5.41) is 10.1. The first-order chi connectivity index (χ1) is 52.3. The van der Waals surface area contributed by atoms with E-state index in [1.807, 2.05) is 0 Å². The molecule has 0 unspecified atom stereocenters. The van der Waals surface area contributed by atoms with Gasteiger partial charge in [-0.25, -0.2) is 0 Å². The van der Waals surface area contributed by atoms with E-state index in [9.17, 15) is 0 Å². The molecule has 0 aliphatic rings. The number of fused-ring (bicyclic) bond motifs is 10. The first kappa shape index (κ1) is 65.8. The Hall–Kier alpha value is -12.2. The summed E-state index contributed by atoms with van der Waals surface area (Å²) in [6.07, 6.45) is 0. The lowest BCUT2D eigenvalue weighted by molar-refractivity contribution is 1.18. The molecule has 6 heteroatoms. The summed E-state index contributed by atoms with van der Waals surface area (Å²) in [5.74, 6) is 0. The zero-order valence-corrected chi connectivity index (χ0v) is 62.3. The molecular weight excluding hydrogens is 1480 g/mol. The van der Waals surface area contributed by atoms with Crippen molar-refractivity contribution in [3.63, 3.8) is 0 Å². The Bertz CT molecular complexity index is 6630. The fourth-order valence-electron chi connectivity index (χ4n) is 15.2. The fourth-order valence-corrected chi connectivity index (χ4v) is 16.0. The first-order valence-corrected chi connectivity index (χ1v) is 38.0. The molecule has 502 valence electrons. The maximum atomic E-state index is 3.54. The Morgan fingerprint density at radius 1 is 0.151 bits per heavy atom. The molecule has 0 N–H and O–H groups in total. The predicted molar refractivity (Wildman–Crippen MR) is 461 cm³/mol. The maximum Gasteiger partial charge on any atom is 0.0541 e. The van der Waals surface area contributed by atoms with Crippen LogP contribution in [-0.2, 0) is 0 Å². The van der Waals surface area contributed by atoms with Crippen LogP contribution in [0.4, 0.5) is 0 Å². The zero-order chi connectivity index (χ0) is 71.0. The fraction of sp³-hybridized carbons (Fsp3) is 0. The maximum absolute atomic E-state index is 3.54. The Morgan fingerprint density at radius 2 is 0.406 bits per heavy atom. The molecule has 0 saturated heterocycles. The summed E-state index contributed by atoms with van der Waals surface area (Å²) in [6, 6.07) is 144. The van der Waals surface area contributed by atoms with Crippen molar-refractivity contribution in [1.82, 2.24) is 13.7 Å². The molecule has 0 fully saturated rings. The van der Waals surface area contributed by atoms with Crippen LogP contribution in [0.1, 0.15) is 0 Å². The van der Waals surface area contributed by atoms with Gasteiger partial charge in [-0.2, -0.15) is 0 Å². The molecule has 3 heterocycles.